The number of ether oxygens (including phenoxy) is 1. The van der Waals surface area contributed by atoms with Crippen LogP contribution in [0.4, 0.5) is 13.2 Å². The van der Waals surface area contributed by atoms with Crippen molar-refractivity contribution in [3.63, 3.8) is 0 Å². The molecule has 2 aromatic rings. The second-order valence-corrected chi connectivity index (χ2v) is 9.32. The summed E-state index contributed by atoms with van der Waals surface area (Å²) in [5.74, 6) is 0.730. The van der Waals surface area contributed by atoms with Crippen LogP contribution in [0, 0.1) is 5.92 Å². The molecule has 2 fully saturated rings. The van der Waals surface area contributed by atoms with Gasteiger partial charge in [0.1, 0.15) is 5.01 Å². The average Bonchev–Trinajstić information content (AvgIpc) is 3.27. The fraction of sp³-hybridized carbons (Fsp3) is 0.565. The van der Waals surface area contributed by atoms with Gasteiger partial charge < -0.3 is 9.64 Å². The first-order valence-electron chi connectivity index (χ1n) is 11.1. The minimum atomic E-state index is -4.35. The highest BCUT2D eigenvalue weighted by molar-refractivity contribution is 7.13. The van der Waals surface area contributed by atoms with Crippen LogP contribution >= 0.6 is 11.3 Å². The number of likely N-dealkylation sites (tertiary alicyclic amines) is 1. The second-order valence-electron chi connectivity index (χ2n) is 8.46. The number of benzene rings is 1. The third-order valence-corrected chi connectivity index (χ3v) is 7.21. The molecule has 2 saturated heterocycles. The number of hydrogen-bond acceptors (Lipinski definition) is 5. The highest BCUT2D eigenvalue weighted by Gasteiger charge is 2.30. The third-order valence-electron chi connectivity index (χ3n) is 6.27. The second kappa shape index (κ2) is 10.3. The predicted octanol–water partition coefficient (Wildman–Crippen LogP) is 4.33. The number of rotatable bonds is 6. The monoisotopic (exact) mass is 467 g/mol. The van der Waals surface area contributed by atoms with Crippen LogP contribution in [0.1, 0.15) is 30.5 Å². The lowest BCUT2D eigenvalue weighted by Crippen LogP contribution is -2.41. The molecule has 32 heavy (non-hydrogen) atoms. The number of piperidine rings is 1. The third kappa shape index (κ3) is 6.08. The summed E-state index contributed by atoms with van der Waals surface area (Å²) in [4.78, 5) is 21.6. The molecule has 0 unspecified atom stereocenters. The molecule has 0 bridgehead atoms. The van der Waals surface area contributed by atoms with Gasteiger partial charge in [-0.2, -0.15) is 13.2 Å². The maximum Gasteiger partial charge on any atom is 0.416 e. The Balaban J connectivity index is 1.24. The maximum absolute atomic E-state index is 12.7. The smallest absolute Gasteiger partial charge is 0.379 e. The molecular weight excluding hydrogens is 439 g/mol. The Hall–Kier alpha value is -1.97. The first kappa shape index (κ1) is 23.2. The van der Waals surface area contributed by atoms with E-state index in [-0.39, 0.29) is 12.3 Å². The van der Waals surface area contributed by atoms with Crippen molar-refractivity contribution in [1.29, 1.82) is 0 Å². The number of carbonyl (C=O) groups excluding carboxylic acids is 1. The van der Waals surface area contributed by atoms with E-state index in [0.29, 0.717) is 22.2 Å². The number of halogens is 3. The average molecular weight is 468 g/mol. The van der Waals surface area contributed by atoms with Gasteiger partial charge in [0, 0.05) is 37.1 Å². The summed E-state index contributed by atoms with van der Waals surface area (Å²) in [7, 11) is 0. The number of alkyl halides is 3. The van der Waals surface area contributed by atoms with Crippen molar-refractivity contribution in [3.8, 4) is 10.6 Å². The van der Waals surface area contributed by atoms with Crippen molar-refractivity contribution in [1.82, 2.24) is 14.8 Å². The summed E-state index contributed by atoms with van der Waals surface area (Å²) >= 11 is 1.35. The van der Waals surface area contributed by atoms with Crippen molar-refractivity contribution >= 4 is 17.2 Å². The molecule has 2 aliphatic heterocycles. The van der Waals surface area contributed by atoms with Gasteiger partial charge >= 0.3 is 6.18 Å². The highest BCUT2D eigenvalue weighted by atomic mass is 32.1. The van der Waals surface area contributed by atoms with Crippen LogP contribution in [0.25, 0.3) is 10.6 Å². The van der Waals surface area contributed by atoms with Crippen molar-refractivity contribution in [2.45, 2.75) is 31.9 Å². The molecule has 4 rings (SSSR count). The molecule has 0 N–H and O–H groups in total. The SMILES string of the molecule is O=C(Cc1csc(-c2ccc(C(F)(F)F)cc2)n1)N1CCC(CCN2CCOCC2)CC1. The largest absolute Gasteiger partial charge is 0.416 e. The van der Waals surface area contributed by atoms with Crippen LogP contribution in [0.2, 0.25) is 0 Å². The highest BCUT2D eigenvalue weighted by Crippen LogP contribution is 2.32. The van der Waals surface area contributed by atoms with Gasteiger partial charge in [0.25, 0.3) is 0 Å². The van der Waals surface area contributed by atoms with E-state index < -0.39 is 11.7 Å². The molecule has 3 heterocycles. The van der Waals surface area contributed by atoms with Crippen molar-refractivity contribution in [2.24, 2.45) is 5.92 Å². The Morgan fingerprint density at radius 3 is 2.44 bits per heavy atom. The van der Waals surface area contributed by atoms with Gasteiger partial charge in [-0.25, -0.2) is 4.98 Å². The van der Waals surface area contributed by atoms with Gasteiger partial charge in [0.2, 0.25) is 5.91 Å². The minimum absolute atomic E-state index is 0.0703. The van der Waals surface area contributed by atoms with E-state index in [1.807, 2.05) is 10.3 Å². The summed E-state index contributed by atoms with van der Waals surface area (Å²) in [5.41, 5.74) is 0.619. The van der Waals surface area contributed by atoms with Crippen LogP contribution < -0.4 is 0 Å². The lowest BCUT2D eigenvalue weighted by atomic mass is 9.93. The zero-order chi connectivity index (χ0) is 22.6. The zero-order valence-corrected chi connectivity index (χ0v) is 18.8. The van der Waals surface area contributed by atoms with Crippen LogP contribution in [0.15, 0.2) is 29.6 Å². The summed E-state index contributed by atoms with van der Waals surface area (Å²) in [6, 6.07) is 4.97. The van der Waals surface area contributed by atoms with Gasteiger partial charge in [-0.3, -0.25) is 9.69 Å². The molecule has 1 aromatic heterocycles. The van der Waals surface area contributed by atoms with E-state index in [4.69, 9.17) is 4.74 Å². The van der Waals surface area contributed by atoms with E-state index in [2.05, 4.69) is 9.88 Å². The molecule has 2 aliphatic rings. The molecule has 0 spiro atoms. The molecule has 0 atom stereocenters. The number of carbonyl (C=O) groups is 1. The number of aromatic nitrogens is 1. The predicted molar refractivity (Wildman–Crippen MR) is 117 cm³/mol. The van der Waals surface area contributed by atoms with E-state index in [1.54, 1.807) is 0 Å². The number of thiazole rings is 1. The van der Waals surface area contributed by atoms with Gasteiger partial charge in [-0.1, -0.05) is 12.1 Å². The fourth-order valence-electron chi connectivity index (χ4n) is 4.25. The molecule has 9 heteroatoms. The molecule has 0 saturated carbocycles. The number of hydrogen-bond donors (Lipinski definition) is 0. The van der Waals surface area contributed by atoms with Crippen molar-refractivity contribution < 1.29 is 22.7 Å². The Kier molecular flexibility index (Phi) is 7.48. The molecule has 1 amide bonds. The Morgan fingerprint density at radius 1 is 1.09 bits per heavy atom. The summed E-state index contributed by atoms with van der Waals surface area (Å²) in [6.07, 6.45) is -0.886. The Morgan fingerprint density at radius 2 is 1.78 bits per heavy atom. The Labute approximate surface area is 190 Å². The Bertz CT molecular complexity index is 887. The lowest BCUT2D eigenvalue weighted by molar-refractivity contribution is -0.137. The quantitative estimate of drug-likeness (QED) is 0.635. The van der Waals surface area contributed by atoms with Crippen LogP contribution in [-0.4, -0.2) is 66.6 Å². The molecule has 0 radical (unpaired) electrons. The molecule has 174 valence electrons. The number of amides is 1. The molecular formula is C23H28F3N3O2S. The fourth-order valence-corrected chi connectivity index (χ4v) is 5.08. The van der Waals surface area contributed by atoms with Crippen LogP contribution in [0.3, 0.4) is 0 Å². The topological polar surface area (TPSA) is 45.7 Å². The first-order chi connectivity index (χ1) is 15.4. The van der Waals surface area contributed by atoms with Gasteiger partial charge in [-0.15, -0.1) is 11.3 Å². The van der Waals surface area contributed by atoms with Crippen molar-refractivity contribution in [3.05, 3.63) is 40.9 Å². The van der Waals surface area contributed by atoms with Crippen LogP contribution in [-0.2, 0) is 22.1 Å². The standard InChI is InChI=1S/C23H28F3N3O2S/c24-23(25,26)19-3-1-18(2-4-19)22-27-20(16-32-22)15-21(30)29-9-6-17(7-10-29)5-8-28-11-13-31-14-12-28/h1-4,16-17H,5-15H2. The van der Waals surface area contributed by atoms with Crippen molar-refractivity contribution in [2.75, 3.05) is 45.9 Å². The van der Waals surface area contributed by atoms with Gasteiger partial charge in [0.15, 0.2) is 0 Å². The minimum Gasteiger partial charge on any atom is -0.379 e. The molecule has 5 nitrogen and oxygen atoms in total. The van der Waals surface area contributed by atoms with Gasteiger partial charge in [0.05, 0.1) is 30.9 Å². The van der Waals surface area contributed by atoms with E-state index in [0.717, 1.165) is 70.9 Å². The molecule has 1 aromatic carbocycles. The summed E-state index contributed by atoms with van der Waals surface area (Å²) in [6.45, 7) is 6.34. The van der Waals surface area contributed by atoms with E-state index in [1.165, 1.54) is 29.9 Å². The normalized spacial score (nSPS) is 18.8. The first-order valence-corrected chi connectivity index (χ1v) is 12.0. The van der Waals surface area contributed by atoms with E-state index in [9.17, 15) is 18.0 Å². The number of morpholine rings is 1. The van der Waals surface area contributed by atoms with E-state index >= 15 is 0 Å². The summed E-state index contributed by atoms with van der Waals surface area (Å²) in [5, 5.41) is 2.45. The maximum atomic E-state index is 12.7. The number of nitrogens with zero attached hydrogens (tertiary/aromatic N) is 3. The summed E-state index contributed by atoms with van der Waals surface area (Å²) < 4.78 is 43.6. The van der Waals surface area contributed by atoms with Crippen LogP contribution in [0.5, 0.6) is 0 Å². The zero-order valence-electron chi connectivity index (χ0n) is 17.9. The van der Waals surface area contributed by atoms with Gasteiger partial charge in [-0.05, 0) is 43.9 Å². The lowest BCUT2D eigenvalue weighted by Gasteiger charge is -2.34. The molecule has 0 aliphatic carbocycles.